The summed E-state index contributed by atoms with van der Waals surface area (Å²) in [5.74, 6) is -0.581. The second-order valence-corrected chi connectivity index (χ2v) is 5.62. The van der Waals surface area contributed by atoms with Gasteiger partial charge in [0.2, 0.25) is 6.79 Å². The lowest BCUT2D eigenvalue weighted by Crippen LogP contribution is -2.33. The molecule has 0 radical (unpaired) electrons. The van der Waals surface area contributed by atoms with Gasteiger partial charge >= 0.3 is 5.97 Å². The Morgan fingerprint density at radius 1 is 1.29 bits per heavy atom. The third-order valence-electron chi connectivity index (χ3n) is 3.81. The summed E-state index contributed by atoms with van der Waals surface area (Å²) in [6.07, 6.45) is 1.71. The van der Waals surface area contributed by atoms with Gasteiger partial charge in [0.1, 0.15) is 0 Å². The monoisotopic (exact) mass is 311 g/mol. The maximum absolute atomic E-state index is 12.2. The Hall–Kier alpha value is -1.95. The number of carbonyl (C=O) groups is 2. The van der Waals surface area contributed by atoms with Crippen LogP contribution in [-0.4, -0.2) is 29.8 Å². The van der Waals surface area contributed by atoms with E-state index in [9.17, 15) is 9.59 Å². The average molecular weight is 312 g/mol. The van der Waals surface area contributed by atoms with E-state index in [0.717, 1.165) is 0 Å². The standard InChI is InChI=1S/C14H14ClNO5/c15-10-4-8(5-11-12(10)21-6-20-11)13(17)16-9-2-1-7(3-9)14(18)19/h4-5,7,9H,1-3,6H2,(H,16,17)(H,18,19)/t7-,9+/m1/s1. The molecule has 3 rings (SSSR count). The summed E-state index contributed by atoms with van der Waals surface area (Å²) in [6, 6.07) is 2.98. The predicted octanol–water partition coefficient (Wildman–Crippen LogP) is 2.05. The largest absolute Gasteiger partial charge is 0.481 e. The van der Waals surface area contributed by atoms with Crippen molar-refractivity contribution < 1.29 is 24.2 Å². The zero-order valence-electron chi connectivity index (χ0n) is 11.1. The van der Waals surface area contributed by atoms with Crippen LogP contribution >= 0.6 is 11.6 Å². The van der Waals surface area contributed by atoms with Crippen molar-refractivity contribution in [2.75, 3.05) is 6.79 Å². The lowest BCUT2D eigenvalue weighted by atomic mass is 10.1. The number of halogens is 1. The van der Waals surface area contributed by atoms with Crippen LogP contribution in [0.5, 0.6) is 11.5 Å². The molecule has 2 N–H and O–H groups in total. The minimum atomic E-state index is -0.808. The molecule has 0 saturated heterocycles. The van der Waals surface area contributed by atoms with Gasteiger partial charge in [-0.2, -0.15) is 0 Å². The van der Waals surface area contributed by atoms with Gasteiger partial charge in [-0.15, -0.1) is 0 Å². The zero-order valence-corrected chi connectivity index (χ0v) is 11.9. The number of fused-ring (bicyclic) bond motifs is 1. The number of nitrogens with one attached hydrogen (secondary N) is 1. The van der Waals surface area contributed by atoms with Crippen LogP contribution in [0.4, 0.5) is 0 Å². The van der Waals surface area contributed by atoms with Gasteiger partial charge < -0.3 is 19.9 Å². The minimum Gasteiger partial charge on any atom is -0.481 e. The van der Waals surface area contributed by atoms with E-state index in [1.807, 2.05) is 0 Å². The summed E-state index contributed by atoms with van der Waals surface area (Å²) < 4.78 is 10.4. The van der Waals surface area contributed by atoms with Gasteiger partial charge in [0.25, 0.3) is 5.91 Å². The molecule has 1 aromatic rings. The van der Waals surface area contributed by atoms with Crippen LogP contribution in [0, 0.1) is 5.92 Å². The topological polar surface area (TPSA) is 84.9 Å². The first kappa shape index (κ1) is 14.0. The molecule has 0 spiro atoms. The van der Waals surface area contributed by atoms with Gasteiger partial charge in [0.05, 0.1) is 10.9 Å². The van der Waals surface area contributed by atoms with E-state index in [1.165, 1.54) is 6.07 Å². The Labute approximate surface area is 126 Å². The van der Waals surface area contributed by atoms with Gasteiger partial charge in [-0.25, -0.2) is 0 Å². The minimum absolute atomic E-state index is 0.0864. The fourth-order valence-corrected chi connectivity index (χ4v) is 2.97. The summed E-state index contributed by atoms with van der Waals surface area (Å²) in [6.45, 7) is 0.0864. The van der Waals surface area contributed by atoms with Gasteiger partial charge in [-0.3, -0.25) is 9.59 Å². The molecule has 1 fully saturated rings. The molecule has 1 aromatic carbocycles. The molecule has 1 amide bonds. The summed E-state index contributed by atoms with van der Waals surface area (Å²) in [5, 5.41) is 12.1. The number of ether oxygens (including phenoxy) is 2. The highest BCUT2D eigenvalue weighted by Crippen LogP contribution is 2.39. The van der Waals surface area contributed by atoms with Crippen molar-refractivity contribution in [3.63, 3.8) is 0 Å². The predicted molar refractivity (Wildman–Crippen MR) is 73.8 cm³/mol. The third-order valence-corrected chi connectivity index (χ3v) is 4.09. The quantitative estimate of drug-likeness (QED) is 0.892. The van der Waals surface area contributed by atoms with E-state index >= 15 is 0 Å². The molecular formula is C14H14ClNO5. The van der Waals surface area contributed by atoms with Crippen LogP contribution in [0.1, 0.15) is 29.6 Å². The van der Waals surface area contributed by atoms with Crippen molar-refractivity contribution in [2.24, 2.45) is 5.92 Å². The number of carboxylic acids is 1. The number of hydrogen-bond donors (Lipinski definition) is 2. The number of benzene rings is 1. The number of carbonyl (C=O) groups excluding carboxylic acids is 1. The zero-order chi connectivity index (χ0) is 15.0. The molecule has 6 nitrogen and oxygen atoms in total. The van der Waals surface area contributed by atoms with Gasteiger partial charge in [-0.1, -0.05) is 11.6 Å². The molecule has 112 valence electrons. The highest BCUT2D eigenvalue weighted by atomic mass is 35.5. The van der Waals surface area contributed by atoms with E-state index < -0.39 is 5.97 Å². The summed E-state index contributed by atoms with van der Waals surface area (Å²) in [7, 11) is 0. The first-order valence-electron chi connectivity index (χ1n) is 6.67. The normalized spacial score (nSPS) is 23.1. The summed E-state index contributed by atoms with van der Waals surface area (Å²) >= 11 is 6.04. The molecule has 1 heterocycles. The maximum atomic E-state index is 12.2. The molecule has 2 aliphatic rings. The number of amides is 1. The molecule has 1 saturated carbocycles. The fraction of sp³-hybridized carbons (Fsp3) is 0.429. The summed E-state index contributed by atoms with van der Waals surface area (Å²) in [4.78, 5) is 23.1. The summed E-state index contributed by atoms with van der Waals surface area (Å²) in [5.41, 5.74) is 0.378. The van der Waals surface area contributed by atoms with Crippen molar-refractivity contribution in [1.82, 2.24) is 5.32 Å². The molecular weight excluding hydrogens is 298 g/mol. The number of aliphatic carboxylic acids is 1. The van der Waals surface area contributed by atoms with E-state index in [-0.39, 0.29) is 24.7 Å². The third kappa shape index (κ3) is 2.76. The van der Waals surface area contributed by atoms with Gasteiger partial charge in [0.15, 0.2) is 11.5 Å². The van der Waals surface area contributed by atoms with Crippen LogP contribution in [0.3, 0.4) is 0 Å². The van der Waals surface area contributed by atoms with E-state index in [2.05, 4.69) is 5.32 Å². The molecule has 0 bridgehead atoms. The molecule has 1 aliphatic heterocycles. The fourth-order valence-electron chi connectivity index (χ4n) is 2.70. The molecule has 21 heavy (non-hydrogen) atoms. The van der Waals surface area contributed by atoms with Crippen LogP contribution in [0.15, 0.2) is 12.1 Å². The van der Waals surface area contributed by atoms with E-state index in [4.69, 9.17) is 26.2 Å². The highest BCUT2D eigenvalue weighted by Gasteiger charge is 2.31. The number of rotatable bonds is 3. The number of carboxylic acid groups (broad SMARTS) is 1. The van der Waals surface area contributed by atoms with Crippen molar-refractivity contribution in [2.45, 2.75) is 25.3 Å². The molecule has 0 unspecified atom stereocenters. The first-order valence-corrected chi connectivity index (χ1v) is 7.05. The Morgan fingerprint density at radius 2 is 2.10 bits per heavy atom. The lowest BCUT2D eigenvalue weighted by Gasteiger charge is -2.13. The van der Waals surface area contributed by atoms with E-state index in [1.54, 1.807) is 6.07 Å². The Bertz CT molecular complexity index is 603. The smallest absolute Gasteiger partial charge is 0.306 e. The first-order chi connectivity index (χ1) is 10.0. The van der Waals surface area contributed by atoms with Crippen molar-refractivity contribution in [3.05, 3.63) is 22.7 Å². The van der Waals surface area contributed by atoms with Crippen LogP contribution in [0.25, 0.3) is 0 Å². The number of hydrogen-bond acceptors (Lipinski definition) is 4. The van der Waals surface area contributed by atoms with Gasteiger partial charge in [0, 0.05) is 11.6 Å². The maximum Gasteiger partial charge on any atom is 0.306 e. The second-order valence-electron chi connectivity index (χ2n) is 5.21. The van der Waals surface area contributed by atoms with E-state index in [0.29, 0.717) is 41.3 Å². The van der Waals surface area contributed by atoms with Crippen LogP contribution in [0.2, 0.25) is 5.02 Å². The Kier molecular flexibility index (Phi) is 3.63. The molecule has 7 heteroatoms. The van der Waals surface area contributed by atoms with Crippen molar-refractivity contribution >= 4 is 23.5 Å². The molecule has 0 aromatic heterocycles. The molecule has 2 atom stereocenters. The second kappa shape index (κ2) is 5.44. The van der Waals surface area contributed by atoms with Crippen LogP contribution < -0.4 is 14.8 Å². The van der Waals surface area contributed by atoms with Gasteiger partial charge in [-0.05, 0) is 31.4 Å². The highest BCUT2D eigenvalue weighted by molar-refractivity contribution is 6.32. The lowest BCUT2D eigenvalue weighted by molar-refractivity contribution is -0.141. The molecule has 1 aliphatic carbocycles. The Balaban J connectivity index is 1.69. The average Bonchev–Trinajstić information content (AvgIpc) is 3.07. The SMILES string of the molecule is O=C(N[C@H]1CC[C@@H](C(=O)O)C1)c1cc(Cl)c2c(c1)OCO2. The van der Waals surface area contributed by atoms with Crippen molar-refractivity contribution in [1.29, 1.82) is 0 Å². The van der Waals surface area contributed by atoms with Crippen molar-refractivity contribution in [3.8, 4) is 11.5 Å². The van der Waals surface area contributed by atoms with Crippen LogP contribution in [-0.2, 0) is 4.79 Å². The Morgan fingerprint density at radius 3 is 2.81 bits per heavy atom.